The number of benzene rings is 2. The van der Waals surface area contributed by atoms with E-state index in [0.717, 1.165) is 0 Å². The summed E-state index contributed by atoms with van der Waals surface area (Å²) in [5.74, 6) is 0. The van der Waals surface area contributed by atoms with Crippen LogP contribution in [0, 0.1) is 6.92 Å². The van der Waals surface area contributed by atoms with Crippen molar-refractivity contribution in [3.05, 3.63) is 59.2 Å². The second-order valence-electron chi connectivity index (χ2n) is 5.56. The maximum atomic E-state index is 2.37. The summed E-state index contributed by atoms with van der Waals surface area (Å²) in [6, 6.07) is 15.6. The fourth-order valence-electron chi connectivity index (χ4n) is 2.91. The Morgan fingerprint density at radius 1 is 0.842 bits per heavy atom. The molecule has 0 unspecified atom stereocenters. The molecule has 98 valence electrons. The van der Waals surface area contributed by atoms with Gasteiger partial charge in [0.1, 0.15) is 0 Å². The minimum Gasteiger partial charge on any atom is -0.345 e. The van der Waals surface area contributed by atoms with Crippen LogP contribution in [-0.4, -0.2) is 7.05 Å². The van der Waals surface area contributed by atoms with Crippen molar-refractivity contribution >= 4 is 11.4 Å². The van der Waals surface area contributed by atoms with Crippen molar-refractivity contribution in [2.24, 2.45) is 0 Å². The minimum absolute atomic E-state index is 1.24. The lowest BCUT2D eigenvalue weighted by Crippen LogP contribution is -2.11. The molecule has 0 bridgehead atoms. The number of anilines is 2. The van der Waals surface area contributed by atoms with E-state index in [2.05, 4.69) is 61.3 Å². The third-order valence-corrected chi connectivity index (χ3v) is 4.11. The van der Waals surface area contributed by atoms with Gasteiger partial charge in [0, 0.05) is 18.4 Å². The fourth-order valence-corrected chi connectivity index (χ4v) is 2.91. The zero-order valence-electron chi connectivity index (χ0n) is 11.8. The molecule has 1 aliphatic carbocycles. The van der Waals surface area contributed by atoms with Gasteiger partial charge in [-0.1, -0.05) is 18.2 Å². The molecular formula is C18H21N. The smallest absolute Gasteiger partial charge is 0.0411 e. The first-order valence-electron chi connectivity index (χ1n) is 7.16. The average Bonchev–Trinajstić information content (AvgIpc) is 2.46. The van der Waals surface area contributed by atoms with Crippen molar-refractivity contribution < 1.29 is 0 Å². The van der Waals surface area contributed by atoms with Gasteiger partial charge in [0.05, 0.1) is 0 Å². The van der Waals surface area contributed by atoms with Crippen molar-refractivity contribution in [3.63, 3.8) is 0 Å². The number of fused-ring (bicyclic) bond motifs is 1. The van der Waals surface area contributed by atoms with Crippen LogP contribution in [0.3, 0.4) is 0 Å². The van der Waals surface area contributed by atoms with Crippen molar-refractivity contribution in [1.29, 1.82) is 0 Å². The highest BCUT2D eigenvalue weighted by Gasteiger charge is 2.11. The number of hydrogen-bond acceptors (Lipinski definition) is 1. The van der Waals surface area contributed by atoms with Gasteiger partial charge < -0.3 is 4.90 Å². The first kappa shape index (κ1) is 12.3. The molecule has 3 rings (SSSR count). The summed E-state index contributed by atoms with van der Waals surface area (Å²) in [7, 11) is 2.15. The molecule has 0 amide bonds. The van der Waals surface area contributed by atoms with Crippen LogP contribution < -0.4 is 4.90 Å². The summed E-state index contributed by atoms with van der Waals surface area (Å²) >= 11 is 0. The molecule has 0 saturated heterocycles. The van der Waals surface area contributed by atoms with Gasteiger partial charge in [-0.25, -0.2) is 0 Å². The lowest BCUT2D eigenvalue weighted by Gasteiger charge is -2.23. The molecule has 1 aliphatic rings. The van der Waals surface area contributed by atoms with E-state index in [-0.39, 0.29) is 0 Å². The van der Waals surface area contributed by atoms with E-state index in [1.807, 2.05) is 0 Å². The first-order chi connectivity index (χ1) is 9.24. The van der Waals surface area contributed by atoms with Crippen LogP contribution in [0.4, 0.5) is 11.4 Å². The first-order valence-corrected chi connectivity index (χ1v) is 7.16. The molecule has 0 atom stereocenters. The van der Waals surface area contributed by atoms with Crippen LogP contribution in [0.1, 0.15) is 29.5 Å². The number of hydrogen-bond donors (Lipinski definition) is 0. The highest BCUT2D eigenvalue weighted by Crippen LogP contribution is 2.29. The van der Waals surface area contributed by atoms with Crippen molar-refractivity contribution in [1.82, 2.24) is 0 Å². The molecule has 0 heterocycles. The Kier molecular flexibility index (Phi) is 3.29. The monoisotopic (exact) mass is 251 g/mol. The molecule has 0 saturated carbocycles. The summed E-state index contributed by atoms with van der Waals surface area (Å²) in [6.07, 6.45) is 5.18. The number of nitrogens with zero attached hydrogens (tertiary/aromatic N) is 1. The highest BCUT2D eigenvalue weighted by molar-refractivity contribution is 5.64. The lowest BCUT2D eigenvalue weighted by molar-refractivity contribution is 0.685. The van der Waals surface area contributed by atoms with Crippen LogP contribution in [0.2, 0.25) is 0 Å². The highest BCUT2D eigenvalue weighted by atomic mass is 15.1. The summed E-state index contributed by atoms with van der Waals surface area (Å²) in [5.41, 5.74) is 6.96. The van der Waals surface area contributed by atoms with Crippen LogP contribution >= 0.6 is 0 Å². The molecule has 1 heteroatoms. The van der Waals surface area contributed by atoms with Gasteiger partial charge in [0.2, 0.25) is 0 Å². The zero-order chi connectivity index (χ0) is 13.2. The Labute approximate surface area is 115 Å². The van der Waals surface area contributed by atoms with Gasteiger partial charge in [-0.2, -0.15) is 0 Å². The molecule has 0 aromatic heterocycles. The standard InChI is InChI=1S/C18H21N/c1-14-6-5-9-17(12-14)19(2)18-11-10-15-7-3-4-8-16(15)13-18/h5-6,9-13H,3-4,7-8H2,1-2H3. The third kappa shape index (κ3) is 2.51. The Balaban J connectivity index is 1.93. The topological polar surface area (TPSA) is 3.24 Å². The normalized spacial score (nSPS) is 14.0. The van der Waals surface area contributed by atoms with Crippen molar-refractivity contribution in [3.8, 4) is 0 Å². The Morgan fingerprint density at radius 3 is 2.37 bits per heavy atom. The zero-order valence-corrected chi connectivity index (χ0v) is 11.8. The van der Waals surface area contributed by atoms with E-state index in [1.165, 1.54) is 42.6 Å². The van der Waals surface area contributed by atoms with E-state index < -0.39 is 0 Å². The maximum Gasteiger partial charge on any atom is 0.0411 e. The van der Waals surface area contributed by atoms with E-state index in [1.54, 1.807) is 11.1 Å². The largest absolute Gasteiger partial charge is 0.345 e. The van der Waals surface area contributed by atoms with Crippen LogP contribution in [-0.2, 0) is 12.8 Å². The summed E-state index contributed by atoms with van der Waals surface area (Å²) in [6.45, 7) is 2.14. The lowest BCUT2D eigenvalue weighted by atomic mass is 9.91. The number of rotatable bonds is 2. The molecule has 19 heavy (non-hydrogen) atoms. The molecule has 0 aliphatic heterocycles. The summed E-state index contributed by atoms with van der Waals surface area (Å²) in [4.78, 5) is 2.28. The predicted molar refractivity (Wildman–Crippen MR) is 82.3 cm³/mol. The molecule has 1 nitrogen and oxygen atoms in total. The summed E-state index contributed by atoms with van der Waals surface area (Å²) in [5, 5.41) is 0. The molecule has 2 aromatic carbocycles. The van der Waals surface area contributed by atoms with E-state index >= 15 is 0 Å². The minimum atomic E-state index is 1.24. The van der Waals surface area contributed by atoms with Gasteiger partial charge in [-0.05, 0) is 73.6 Å². The molecular weight excluding hydrogens is 230 g/mol. The predicted octanol–water partition coefficient (Wildman–Crippen LogP) is 4.64. The Bertz CT molecular complexity index is 586. The SMILES string of the molecule is Cc1cccc(N(C)c2ccc3c(c2)CCCC3)c1. The van der Waals surface area contributed by atoms with E-state index in [0.29, 0.717) is 0 Å². The van der Waals surface area contributed by atoms with Gasteiger partial charge in [-0.15, -0.1) is 0 Å². The second-order valence-corrected chi connectivity index (χ2v) is 5.56. The molecule has 0 N–H and O–H groups in total. The van der Waals surface area contributed by atoms with Gasteiger partial charge >= 0.3 is 0 Å². The van der Waals surface area contributed by atoms with Gasteiger partial charge in [0.25, 0.3) is 0 Å². The van der Waals surface area contributed by atoms with Crippen LogP contribution in [0.25, 0.3) is 0 Å². The van der Waals surface area contributed by atoms with E-state index in [4.69, 9.17) is 0 Å². The van der Waals surface area contributed by atoms with Gasteiger partial charge in [-0.3, -0.25) is 0 Å². The van der Waals surface area contributed by atoms with Crippen molar-refractivity contribution in [2.45, 2.75) is 32.6 Å². The van der Waals surface area contributed by atoms with Crippen LogP contribution in [0.5, 0.6) is 0 Å². The number of aryl methyl sites for hydroxylation is 3. The summed E-state index contributed by atoms with van der Waals surface area (Å²) < 4.78 is 0. The molecule has 0 spiro atoms. The molecule has 0 radical (unpaired) electrons. The third-order valence-electron chi connectivity index (χ3n) is 4.11. The Morgan fingerprint density at radius 2 is 1.58 bits per heavy atom. The average molecular weight is 251 g/mol. The van der Waals surface area contributed by atoms with E-state index in [9.17, 15) is 0 Å². The Hall–Kier alpha value is -1.76. The molecule has 2 aromatic rings. The van der Waals surface area contributed by atoms with Crippen molar-refractivity contribution in [2.75, 3.05) is 11.9 Å². The second kappa shape index (κ2) is 5.08. The maximum absolute atomic E-state index is 2.37. The quantitative estimate of drug-likeness (QED) is 0.751. The molecule has 0 fully saturated rings. The van der Waals surface area contributed by atoms with Gasteiger partial charge in [0.15, 0.2) is 0 Å². The fraction of sp³-hybridized carbons (Fsp3) is 0.333. The van der Waals surface area contributed by atoms with Crippen LogP contribution in [0.15, 0.2) is 42.5 Å².